The smallest absolute Gasteiger partial charge is 0.147 e. The van der Waals surface area contributed by atoms with Crippen LogP contribution < -0.4 is 0 Å². The lowest BCUT2D eigenvalue weighted by Crippen LogP contribution is -2.33. The lowest BCUT2D eigenvalue weighted by molar-refractivity contribution is 0.379. The average Bonchev–Trinajstić information content (AvgIpc) is 3.44. The molecule has 3 heterocycles. The van der Waals surface area contributed by atoms with Gasteiger partial charge in [0.05, 0.1) is 0 Å². The van der Waals surface area contributed by atoms with Gasteiger partial charge in [-0.3, -0.25) is 0 Å². The Morgan fingerprint density at radius 3 is 1.17 bits per heavy atom. The number of hydrogen-bond donors (Lipinski definition) is 3. The maximum absolute atomic E-state index is 5.63. The Bertz CT molecular complexity index is 431. The van der Waals surface area contributed by atoms with Crippen LogP contribution >= 0.6 is 73.2 Å². The van der Waals surface area contributed by atoms with E-state index in [-0.39, 0.29) is 36.5 Å². The normalized spacial score (nSPS) is 48.9. The Balaban J connectivity index is 1.60. The van der Waals surface area contributed by atoms with Crippen molar-refractivity contribution in [2.24, 2.45) is 5.41 Å². The molecule has 3 nitrogen and oxygen atoms in total. The maximum Gasteiger partial charge on any atom is 0.147 e. The van der Waals surface area contributed by atoms with Crippen molar-refractivity contribution in [3.63, 3.8) is 0 Å². The van der Waals surface area contributed by atoms with Gasteiger partial charge in [0.1, 0.15) is 31.1 Å². The van der Waals surface area contributed by atoms with E-state index in [0.29, 0.717) is 0 Å². The molecule has 3 aliphatic heterocycles. The van der Waals surface area contributed by atoms with Crippen LogP contribution in [0.1, 0.15) is 34.1 Å². The van der Waals surface area contributed by atoms with E-state index in [1.165, 1.54) is 0 Å². The number of thioether (sulfide) groups is 3. The zero-order chi connectivity index (χ0) is 17.8. The summed E-state index contributed by atoms with van der Waals surface area (Å²) in [6.45, 7) is 8.65. The van der Waals surface area contributed by atoms with Crippen molar-refractivity contribution in [3.8, 4) is 0 Å². The average molecular weight is 447 g/mol. The lowest BCUT2D eigenvalue weighted by Gasteiger charge is -2.34. The summed E-state index contributed by atoms with van der Waals surface area (Å²) >= 11 is 19.0. The number of rotatable bonds is 10. The fourth-order valence-corrected chi connectivity index (χ4v) is 8.05. The molecule has 3 aliphatic rings. The molecular formula is C15H26O3S6. The summed E-state index contributed by atoms with van der Waals surface area (Å²) < 4.78 is 16.9. The summed E-state index contributed by atoms with van der Waals surface area (Å²) in [4.78, 5) is -0.426. The van der Waals surface area contributed by atoms with E-state index < -0.39 is 0 Å². The maximum atomic E-state index is 5.63. The molecule has 0 N–H and O–H groups in total. The molecule has 0 bridgehead atoms. The molecule has 0 spiro atoms. The molecule has 0 aliphatic carbocycles. The van der Waals surface area contributed by atoms with Crippen LogP contribution in [0.25, 0.3) is 0 Å². The summed E-state index contributed by atoms with van der Waals surface area (Å²) in [5.74, 6) is 3.12. The Kier molecular flexibility index (Phi) is 6.13. The molecule has 6 atom stereocenters. The van der Waals surface area contributed by atoms with Crippen molar-refractivity contribution in [1.82, 2.24) is 0 Å². The van der Waals surface area contributed by atoms with Crippen LogP contribution in [-0.4, -0.2) is 48.4 Å². The van der Waals surface area contributed by atoms with E-state index >= 15 is 0 Å². The first kappa shape index (κ1) is 20.7. The minimum absolute atomic E-state index is 0.0505. The molecule has 3 saturated heterocycles. The van der Waals surface area contributed by atoms with Crippen LogP contribution in [0.3, 0.4) is 0 Å². The van der Waals surface area contributed by atoms with E-state index in [1.807, 2.05) is 35.3 Å². The molecule has 24 heavy (non-hydrogen) atoms. The molecule has 0 saturated carbocycles. The molecule has 0 aromatic heterocycles. The predicted molar refractivity (Wildman–Crippen MR) is 117 cm³/mol. The first-order valence-electron chi connectivity index (χ1n) is 8.06. The number of ether oxygens (including phenoxy) is 3. The molecular weight excluding hydrogens is 421 g/mol. The van der Waals surface area contributed by atoms with Gasteiger partial charge >= 0.3 is 0 Å². The van der Waals surface area contributed by atoms with Crippen LogP contribution in [0.15, 0.2) is 0 Å². The van der Waals surface area contributed by atoms with Crippen LogP contribution in [0.5, 0.6) is 0 Å². The van der Waals surface area contributed by atoms with Gasteiger partial charge in [0.15, 0.2) is 0 Å². The van der Waals surface area contributed by atoms with Gasteiger partial charge in [-0.2, -0.15) is 0 Å². The highest BCUT2D eigenvalue weighted by atomic mass is 32.2. The molecule has 0 aromatic rings. The molecule has 0 aromatic carbocycles. The van der Waals surface area contributed by atoms with E-state index in [2.05, 4.69) is 65.6 Å². The SMILES string of the molecule is CCC(CSC1(C)OC1S)(CSC1(C)OC1S)CSC1(C)OC1S. The van der Waals surface area contributed by atoms with E-state index in [9.17, 15) is 0 Å². The van der Waals surface area contributed by atoms with Crippen LogP contribution in [0, 0.1) is 5.41 Å². The standard InChI is InChI=1S/C15H26O3S6/c1-5-15(6-22-12(2)9(19)16-12,7-23-13(3)10(20)17-13)8-24-14(4)11(21)18-14/h9-11,19-21H,5-8H2,1-4H3. The molecule has 0 radical (unpaired) electrons. The van der Waals surface area contributed by atoms with Gasteiger partial charge in [0, 0.05) is 17.3 Å². The fraction of sp³-hybridized carbons (Fsp3) is 1.00. The van der Waals surface area contributed by atoms with Gasteiger partial charge in [-0.15, -0.1) is 73.2 Å². The lowest BCUT2D eigenvalue weighted by atomic mass is 9.92. The molecule has 0 amide bonds. The summed E-state index contributed by atoms with van der Waals surface area (Å²) in [5.41, 5.74) is 0.339. The minimum Gasteiger partial charge on any atom is -0.343 e. The Morgan fingerprint density at radius 1 is 0.750 bits per heavy atom. The van der Waals surface area contributed by atoms with Crippen molar-refractivity contribution in [2.45, 2.75) is 65.2 Å². The second-order valence-electron chi connectivity index (χ2n) is 7.18. The monoisotopic (exact) mass is 446 g/mol. The summed E-state index contributed by atoms with van der Waals surface area (Å²) in [7, 11) is 0. The molecule has 3 fully saturated rings. The Morgan fingerprint density at radius 2 is 1.00 bits per heavy atom. The predicted octanol–water partition coefficient (Wildman–Crippen LogP) is 4.59. The van der Waals surface area contributed by atoms with Crippen molar-refractivity contribution in [3.05, 3.63) is 0 Å². The fourth-order valence-electron chi connectivity index (χ4n) is 2.20. The second-order valence-corrected chi connectivity index (χ2v) is 12.7. The van der Waals surface area contributed by atoms with E-state index in [0.717, 1.165) is 23.7 Å². The van der Waals surface area contributed by atoms with Gasteiger partial charge < -0.3 is 14.2 Å². The first-order chi connectivity index (χ1) is 11.1. The third-order valence-corrected chi connectivity index (χ3v) is 12.2. The third-order valence-electron chi connectivity index (χ3n) is 4.96. The van der Waals surface area contributed by atoms with Gasteiger partial charge in [0.25, 0.3) is 0 Å². The third kappa shape index (κ3) is 4.51. The van der Waals surface area contributed by atoms with Crippen LogP contribution in [0.4, 0.5) is 0 Å². The van der Waals surface area contributed by atoms with Crippen molar-refractivity contribution in [2.75, 3.05) is 17.3 Å². The van der Waals surface area contributed by atoms with Gasteiger partial charge in [-0.05, 0) is 32.6 Å². The Labute approximate surface area is 174 Å². The van der Waals surface area contributed by atoms with E-state index in [4.69, 9.17) is 14.2 Å². The molecule has 140 valence electrons. The second kappa shape index (κ2) is 7.10. The number of epoxide rings is 3. The topological polar surface area (TPSA) is 37.6 Å². The van der Waals surface area contributed by atoms with Crippen molar-refractivity contribution in [1.29, 1.82) is 0 Å². The highest BCUT2D eigenvalue weighted by molar-refractivity contribution is 8.03. The molecule has 6 unspecified atom stereocenters. The van der Waals surface area contributed by atoms with Gasteiger partial charge in [0.2, 0.25) is 0 Å². The van der Waals surface area contributed by atoms with Crippen LogP contribution in [-0.2, 0) is 14.2 Å². The largest absolute Gasteiger partial charge is 0.343 e. The van der Waals surface area contributed by atoms with Gasteiger partial charge in [-0.1, -0.05) is 6.92 Å². The number of thiol groups is 3. The highest BCUT2D eigenvalue weighted by Gasteiger charge is 2.56. The molecule has 9 heteroatoms. The molecule has 3 rings (SSSR count). The highest BCUT2D eigenvalue weighted by Crippen LogP contribution is 2.56. The zero-order valence-electron chi connectivity index (χ0n) is 14.4. The summed E-state index contributed by atoms with van der Waals surface area (Å²) in [6, 6.07) is 0. The minimum atomic E-state index is -0.142. The van der Waals surface area contributed by atoms with Crippen LogP contribution in [0.2, 0.25) is 0 Å². The first-order valence-corrected chi connectivity index (χ1v) is 12.6. The van der Waals surface area contributed by atoms with E-state index in [1.54, 1.807) is 0 Å². The Hall–Kier alpha value is 1.98. The van der Waals surface area contributed by atoms with Crippen molar-refractivity contribution < 1.29 is 14.2 Å². The van der Waals surface area contributed by atoms with Crippen molar-refractivity contribution >= 4 is 73.2 Å². The zero-order valence-corrected chi connectivity index (χ0v) is 19.5. The summed E-state index contributed by atoms with van der Waals surface area (Å²) in [6.07, 6.45) is 1.11. The number of hydrogen-bond acceptors (Lipinski definition) is 9. The summed E-state index contributed by atoms with van der Waals surface area (Å²) in [5, 5.41) is 0. The quantitative estimate of drug-likeness (QED) is 0.337. The van der Waals surface area contributed by atoms with Gasteiger partial charge in [-0.25, -0.2) is 0 Å².